The maximum absolute atomic E-state index is 11.1. The van der Waals surface area contributed by atoms with Gasteiger partial charge in [0.15, 0.2) is 0 Å². The third kappa shape index (κ3) is 3.36. The molecule has 20 heavy (non-hydrogen) atoms. The Balaban J connectivity index is 2.17. The van der Waals surface area contributed by atoms with Gasteiger partial charge in [-0.15, -0.1) is 0 Å². The van der Waals surface area contributed by atoms with Crippen LogP contribution in [-0.4, -0.2) is 43.8 Å². The molecule has 7 nitrogen and oxygen atoms in total. The average molecular weight is 280 g/mol. The zero-order valence-electron chi connectivity index (χ0n) is 11.8. The molecule has 1 N–H and O–H groups in total. The fourth-order valence-electron chi connectivity index (χ4n) is 2.43. The van der Waals surface area contributed by atoms with Crippen LogP contribution in [0.25, 0.3) is 0 Å². The van der Waals surface area contributed by atoms with Crippen LogP contribution in [-0.2, 0) is 4.74 Å². The largest absolute Gasteiger partial charge is 0.381 e. The van der Waals surface area contributed by atoms with E-state index in [0.29, 0.717) is 30.7 Å². The van der Waals surface area contributed by atoms with Crippen LogP contribution in [0.3, 0.4) is 0 Å². The lowest BCUT2D eigenvalue weighted by molar-refractivity contribution is -0.384. The second-order valence-electron chi connectivity index (χ2n) is 5.01. The molecule has 0 aromatic carbocycles. The van der Waals surface area contributed by atoms with Crippen LogP contribution in [0, 0.1) is 16.0 Å². The van der Waals surface area contributed by atoms with Gasteiger partial charge in [-0.25, -0.2) is 4.98 Å². The summed E-state index contributed by atoms with van der Waals surface area (Å²) in [5.74, 6) is 1.41. The number of nitrogens with zero attached hydrogens (tertiary/aromatic N) is 3. The number of hydrogen-bond donors (Lipinski definition) is 1. The van der Waals surface area contributed by atoms with Crippen molar-refractivity contribution in [2.24, 2.45) is 5.92 Å². The van der Waals surface area contributed by atoms with Gasteiger partial charge in [0.05, 0.1) is 11.5 Å². The molecule has 1 fully saturated rings. The quantitative estimate of drug-likeness (QED) is 0.655. The molecule has 0 spiro atoms. The van der Waals surface area contributed by atoms with Crippen LogP contribution in [0.1, 0.15) is 12.8 Å². The second kappa shape index (κ2) is 6.51. The lowest BCUT2D eigenvalue weighted by Gasteiger charge is -2.27. The zero-order valence-corrected chi connectivity index (χ0v) is 11.8. The van der Waals surface area contributed by atoms with E-state index in [2.05, 4.69) is 10.3 Å². The summed E-state index contributed by atoms with van der Waals surface area (Å²) in [5, 5.41) is 14.0. The van der Waals surface area contributed by atoms with E-state index in [0.717, 1.165) is 19.4 Å². The van der Waals surface area contributed by atoms with Gasteiger partial charge in [0.25, 0.3) is 0 Å². The monoisotopic (exact) mass is 280 g/mol. The number of anilines is 2. The van der Waals surface area contributed by atoms with Crippen molar-refractivity contribution < 1.29 is 9.66 Å². The van der Waals surface area contributed by atoms with Gasteiger partial charge < -0.3 is 15.0 Å². The smallest absolute Gasteiger partial charge is 0.311 e. The molecule has 2 rings (SSSR count). The van der Waals surface area contributed by atoms with E-state index in [-0.39, 0.29) is 5.69 Å². The summed E-state index contributed by atoms with van der Waals surface area (Å²) < 4.78 is 5.45. The maximum Gasteiger partial charge on any atom is 0.311 e. The van der Waals surface area contributed by atoms with Crippen LogP contribution < -0.4 is 10.2 Å². The Hall–Kier alpha value is -1.89. The summed E-state index contributed by atoms with van der Waals surface area (Å²) in [6, 6.07) is 3.10. The Morgan fingerprint density at radius 1 is 1.60 bits per heavy atom. The molecule has 0 amide bonds. The first-order valence-corrected chi connectivity index (χ1v) is 6.74. The Kier molecular flexibility index (Phi) is 4.73. The third-order valence-electron chi connectivity index (χ3n) is 3.46. The average Bonchev–Trinajstić information content (AvgIpc) is 2.47. The van der Waals surface area contributed by atoms with Crippen molar-refractivity contribution in [1.82, 2.24) is 4.98 Å². The predicted molar refractivity (Wildman–Crippen MR) is 77.3 cm³/mol. The molecular formula is C13H20N4O3. The number of hydrogen-bond acceptors (Lipinski definition) is 6. The molecule has 1 atom stereocenters. The summed E-state index contributed by atoms with van der Waals surface area (Å²) in [6.07, 6.45) is 2.13. The van der Waals surface area contributed by atoms with Crippen LogP contribution >= 0.6 is 0 Å². The number of pyridine rings is 1. The predicted octanol–water partition coefficient (Wildman–Crippen LogP) is 1.89. The minimum absolute atomic E-state index is 0.0308. The molecule has 1 saturated heterocycles. The van der Waals surface area contributed by atoms with Gasteiger partial charge >= 0.3 is 5.69 Å². The van der Waals surface area contributed by atoms with Crippen LogP contribution in [0.5, 0.6) is 0 Å². The Labute approximate surface area is 118 Å². The number of ether oxygens (including phenoxy) is 1. The highest BCUT2D eigenvalue weighted by atomic mass is 16.6. The van der Waals surface area contributed by atoms with Crippen molar-refractivity contribution in [3.8, 4) is 0 Å². The maximum atomic E-state index is 11.1. The molecule has 0 saturated carbocycles. The van der Waals surface area contributed by atoms with Gasteiger partial charge in [0.2, 0.25) is 5.82 Å². The summed E-state index contributed by atoms with van der Waals surface area (Å²) in [4.78, 5) is 16.9. The molecule has 0 bridgehead atoms. The molecule has 1 aromatic heterocycles. The Morgan fingerprint density at radius 3 is 3.00 bits per heavy atom. The van der Waals surface area contributed by atoms with Gasteiger partial charge in [-0.1, -0.05) is 0 Å². The molecular weight excluding hydrogens is 260 g/mol. The molecule has 1 unspecified atom stereocenters. The standard InChI is InChI=1S/C13H20N4O3/c1-14-12-6-5-11(17(18)19)13(15-12)16(2)8-10-4-3-7-20-9-10/h5-6,10H,3-4,7-9H2,1-2H3,(H,14,15). The lowest BCUT2D eigenvalue weighted by atomic mass is 10.0. The number of aromatic nitrogens is 1. The first kappa shape index (κ1) is 14.5. The summed E-state index contributed by atoms with van der Waals surface area (Å²) in [5.41, 5.74) is 0.0308. The number of nitro groups is 1. The van der Waals surface area contributed by atoms with Crippen molar-refractivity contribution >= 4 is 17.3 Å². The Morgan fingerprint density at radius 2 is 2.40 bits per heavy atom. The normalized spacial score (nSPS) is 18.6. The SMILES string of the molecule is CNc1ccc([N+](=O)[O-])c(N(C)CC2CCCOC2)n1. The van der Waals surface area contributed by atoms with Crippen molar-refractivity contribution in [1.29, 1.82) is 0 Å². The summed E-state index contributed by atoms with van der Waals surface area (Å²) >= 11 is 0. The second-order valence-corrected chi connectivity index (χ2v) is 5.01. The van der Waals surface area contributed by atoms with Crippen LogP contribution in [0.2, 0.25) is 0 Å². The third-order valence-corrected chi connectivity index (χ3v) is 3.46. The number of rotatable bonds is 5. The van der Waals surface area contributed by atoms with E-state index in [1.54, 1.807) is 13.1 Å². The molecule has 0 aliphatic carbocycles. The van der Waals surface area contributed by atoms with E-state index < -0.39 is 4.92 Å². The summed E-state index contributed by atoms with van der Waals surface area (Å²) in [6.45, 7) is 2.23. The van der Waals surface area contributed by atoms with Crippen molar-refractivity contribution in [3.05, 3.63) is 22.2 Å². The first-order valence-electron chi connectivity index (χ1n) is 6.74. The van der Waals surface area contributed by atoms with E-state index in [1.165, 1.54) is 6.07 Å². The molecule has 2 heterocycles. The van der Waals surface area contributed by atoms with E-state index in [4.69, 9.17) is 4.74 Å². The van der Waals surface area contributed by atoms with Gasteiger partial charge in [0.1, 0.15) is 5.82 Å². The van der Waals surface area contributed by atoms with Crippen molar-refractivity contribution in [2.75, 3.05) is 44.1 Å². The molecule has 1 aliphatic heterocycles. The lowest BCUT2D eigenvalue weighted by Crippen LogP contribution is -2.31. The highest BCUT2D eigenvalue weighted by molar-refractivity contribution is 5.61. The van der Waals surface area contributed by atoms with Crippen molar-refractivity contribution in [3.63, 3.8) is 0 Å². The topological polar surface area (TPSA) is 80.5 Å². The molecule has 0 radical (unpaired) electrons. The van der Waals surface area contributed by atoms with Gasteiger partial charge in [-0.05, 0) is 24.8 Å². The molecule has 1 aromatic rings. The minimum Gasteiger partial charge on any atom is -0.381 e. The van der Waals surface area contributed by atoms with Gasteiger partial charge in [-0.3, -0.25) is 10.1 Å². The molecule has 110 valence electrons. The fraction of sp³-hybridized carbons (Fsp3) is 0.615. The Bertz CT molecular complexity index is 475. The first-order chi connectivity index (χ1) is 9.61. The zero-order chi connectivity index (χ0) is 14.5. The number of nitrogens with one attached hydrogen (secondary N) is 1. The van der Waals surface area contributed by atoms with E-state index in [9.17, 15) is 10.1 Å². The minimum atomic E-state index is -0.393. The van der Waals surface area contributed by atoms with E-state index in [1.807, 2.05) is 11.9 Å². The highest BCUT2D eigenvalue weighted by Crippen LogP contribution is 2.28. The fourth-order valence-corrected chi connectivity index (χ4v) is 2.43. The van der Waals surface area contributed by atoms with Crippen LogP contribution in [0.15, 0.2) is 12.1 Å². The van der Waals surface area contributed by atoms with Crippen LogP contribution in [0.4, 0.5) is 17.3 Å². The molecule has 1 aliphatic rings. The summed E-state index contributed by atoms with van der Waals surface area (Å²) in [7, 11) is 3.58. The molecule has 7 heteroatoms. The highest BCUT2D eigenvalue weighted by Gasteiger charge is 2.23. The van der Waals surface area contributed by atoms with E-state index >= 15 is 0 Å². The van der Waals surface area contributed by atoms with Gasteiger partial charge in [0, 0.05) is 33.3 Å². The van der Waals surface area contributed by atoms with Crippen molar-refractivity contribution in [2.45, 2.75) is 12.8 Å². The van der Waals surface area contributed by atoms with Gasteiger partial charge in [-0.2, -0.15) is 0 Å².